The van der Waals surface area contributed by atoms with Gasteiger partial charge < -0.3 is 14.5 Å². The van der Waals surface area contributed by atoms with E-state index in [2.05, 4.69) is 22.1 Å². The van der Waals surface area contributed by atoms with Gasteiger partial charge >= 0.3 is 0 Å². The summed E-state index contributed by atoms with van der Waals surface area (Å²) in [6.07, 6.45) is 0. The van der Waals surface area contributed by atoms with Crippen LogP contribution in [-0.2, 0) is 21.4 Å². The van der Waals surface area contributed by atoms with Crippen LogP contribution in [0.15, 0.2) is 77.7 Å². The number of hydrogen-bond donors (Lipinski definition) is 1. The van der Waals surface area contributed by atoms with Crippen LogP contribution in [0.2, 0.25) is 0 Å². The van der Waals surface area contributed by atoms with Gasteiger partial charge in [0.05, 0.1) is 29.1 Å². The first-order chi connectivity index (χ1) is 15.6. The Balaban J connectivity index is 1.29. The predicted octanol–water partition coefficient (Wildman–Crippen LogP) is 3.83. The van der Waals surface area contributed by atoms with Crippen LogP contribution in [-0.4, -0.2) is 49.0 Å². The summed E-state index contributed by atoms with van der Waals surface area (Å²) in [7, 11) is -3.55. The number of morpholine rings is 1. The van der Waals surface area contributed by atoms with Crippen LogP contribution in [0.1, 0.15) is 5.82 Å². The molecule has 1 fully saturated rings. The monoisotopic (exact) mass is 449 g/mol. The largest absolute Gasteiger partial charge is 0.486 e. The van der Waals surface area contributed by atoms with Crippen LogP contribution in [0.4, 0.5) is 0 Å². The van der Waals surface area contributed by atoms with Crippen molar-refractivity contribution in [2.75, 3.05) is 26.3 Å². The highest BCUT2D eigenvalue weighted by Gasteiger charge is 2.26. The minimum absolute atomic E-state index is 0.250. The van der Waals surface area contributed by atoms with Crippen molar-refractivity contribution in [2.24, 2.45) is 0 Å². The quantitative estimate of drug-likeness (QED) is 0.484. The van der Waals surface area contributed by atoms with E-state index in [4.69, 9.17) is 9.47 Å². The summed E-state index contributed by atoms with van der Waals surface area (Å²) in [5.74, 6) is 1.37. The van der Waals surface area contributed by atoms with Gasteiger partial charge in [0.25, 0.3) is 0 Å². The molecular weight excluding hydrogens is 426 g/mol. The first kappa shape index (κ1) is 20.7. The van der Waals surface area contributed by atoms with Crippen molar-refractivity contribution in [1.82, 2.24) is 14.3 Å². The molecule has 1 saturated heterocycles. The van der Waals surface area contributed by atoms with Crippen molar-refractivity contribution in [1.29, 1.82) is 0 Å². The van der Waals surface area contributed by atoms with E-state index in [-0.39, 0.29) is 11.5 Å². The van der Waals surface area contributed by atoms with E-state index in [9.17, 15) is 8.42 Å². The summed E-state index contributed by atoms with van der Waals surface area (Å²) >= 11 is 0. The van der Waals surface area contributed by atoms with Gasteiger partial charge in [0.1, 0.15) is 18.2 Å². The third kappa shape index (κ3) is 4.25. The van der Waals surface area contributed by atoms with Gasteiger partial charge in [-0.05, 0) is 41.5 Å². The molecule has 0 saturated carbocycles. The Morgan fingerprint density at radius 1 is 0.938 bits per heavy atom. The Kier molecular flexibility index (Phi) is 5.65. The Bertz CT molecular complexity index is 1310. The topological polar surface area (TPSA) is 84.5 Å². The molecule has 0 atom stereocenters. The van der Waals surface area contributed by atoms with Gasteiger partial charge in [0.15, 0.2) is 0 Å². The molecule has 32 heavy (non-hydrogen) atoms. The maximum Gasteiger partial charge on any atom is 0.243 e. The number of H-pyrrole nitrogens is 1. The van der Waals surface area contributed by atoms with Crippen LogP contribution in [0, 0.1) is 0 Å². The van der Waals surface area contributed by atoms with Gasteiger partial charge in [-0.3, -0.25) is 0 Å². The number of nitrogens with zero attached hydrogens (tertiary/aromatic N) is 2. The highest BCUT2D eigenvalue weighted by atomic mass is 32.2. The van der Waals surface area contributed by atoms with Crippen molar-refractivity contribution >= 4 is 21.1 Å². The molecule has 1 aliphatic rings. The zero-order valence-corrected chi connectivity index (χ0v) is 18.2. The van der Waals surface area contributed by atoms with Crippen molar-refractivity contribution in [3.63, 3.8) is 0 Å². The van der Waals surface area contributed by atoms with Gasteiger partial charge in [-0.2, -0.15) is 4.31 Å². The van der Waals surface area contributed by atoms with Gasteiger partial charge in [0, 0.05) is 13.1 Å². The Morgan fingerprint density at radius 2 is 1.66 bits per heavy atom. The Labute approximate surface area is 186 Å². The molecule has 3 aromatic carbocycles. The molecular formula is C24H23N3O4S. The minimum atomic E-state index is -3.55. The molecule has 0 aliphatic carbocycles. The molecule has 0 amide bonds. The number of nitrogens with one attached hydrogen (secondary N) is 1. The fraction of sp³-hybridized carbons (Fsp3) is 0.208. The second kappa shape index (κ2) is 8.74. The van der Waals surface area contributed by atoms with Gasteiger partial charge in [-0.1, -0.05) is 42.5 Å². The van der Waals surface area contributed by atoms with E-state index in [0.717, 1.165) is 16.9 Å². The number of rotatable bonds is 6. The first-order valence-electron chi connectivity index (χ1n) is 10.4. The number of sulfonamides is 1. The number of aromatic amines is 1. The third-order valence-electron chi connectivity index (χ3n) is 5.45. The normalized spacial score (nSPS) is 15.1. The van der Waals surface area contributed by atoms with Crippen molar-refractivity contribution in [3.8, 4) is 16.9 Å². The molecule has 1 N–H and O–H groups in total. The summed E-state index contributed by atoms with van der Waals surface area (Å²) < 4.78 is 38.4. The van der Waals surface area contributed by atoms with E-state index < -0.39 is 10.0 Å². The lowest BCUT2D eigenvalue weighted by Gasteiger charge is -2.25. The van der Waals surface area contributed by atoms with E-state index >= 15 is 0 Å². The molecule has 2 heterocycles. The van der Waals surface area contributed by atoms with Crippen molar-refractivity contribution in [3.05, 3.63) is 78.6 Å². The van der Waals surface area contributed by atoms with Crippen LogP contribution in [0.3, 0.4) is 0 Å². The van der Waals surface area contributed by atoms with Crippen LogP contribution in [0.5, 0.6) is 5.75 Å². The molecule has 7 nitrogen and oxygen atoms in total. The van der Waals surface area contributed by atoms with E-state index in [1.54, 1.807) is 18.2 Å². The average molecular weight is 450 g/mol. The van der Waals surface area contributed by atoms with Gasteiger partial charge in [-0.15, -0.1) is 0 Å². The smallest absolute Gasteiger partial charge is 0.243 e. The Hall–Kier alpha value is -3.20. The lowest BCUT2D eigenvalue weighted by molar-refractivity contribution is 0.0730. The summed E-state index contributed by atoms with van der Waals surface area (Å²) in [5.41, 5.74) is 3.64. The second-order valence-electron chi connectivity index (χ2n) is 7.56. The highest BCUT2D eigenvalue weighted by Crippen LogP contribution is 2.24. The fourth-order valence-corrected chi connectivity index (χ4v) is 5.17. The minimum Gasteiger partial charge on any atom is -0.486 e. The van der Waals surface area contributed by atoms with Gasteiger partial charge in [0.2, 0.25) is 10.0 Å². The summed E-state index contributed by atoms with van der Waals surface area (Å²) in [4.78, 5) is 7.94. The predicted molar refractivity (Wildman–Crippen MR) is 122 cm³/mol. The SMILES string of the molecule is O=S(=O)(c1ccc2nc(COc3ccc(-c4ccccc4)cc3)[nH]c2c1)N1CCOCC1. The van der Waals surface area contributed by atoms with E-state index in [1.165, 1.54) is 4.31 Å². The van der Waals surface area contributed by atoms with Crippen molar-refractivity contribution < 1.29 is 17.9 Å². The fourth-order valence-electron chi connectivity index (χ4n) is 3.73. The van der Waals surface area contributed by atoms with E-state index in [0.29, 0.717) is 43.2 Å². The molecule has 1 aliphatic heterocycles. The lowest BCUT2D eigenvalue weighted by atomic mass is 10.1. The molecule has 0 radical (unpaired) electrons. The molecule has 0 spiro atoms. The zero-order chi connectivity index (χ0) is 22.0. The molecule has 5 rings (SSSR count). The molecule has 4 aromatic rings. The maximum atomic E-state index is 12.9. The first-order valence-corrected chi connectivity index (χ1v) is 11.9. The van der Waals surface area contributed by atoms with E-state index in [1.807, 2.05) is 42.5 Å². The zero-order valence-electron chi connectivity index (χ0n) is 17.4. The standard InChI is InChI=1S/C24H23N3O4S/c28-32(29,27-12-14-30-15-13-27)21-10-11-22-23(16-21)26-24(25-22)17-31-20-8-6-19(7-9-20)18-4-2-1-3-5-18/h1-11,16H,12-15,17H2,(H,25,26). The number of benzene rings is 3. The molecule has 0 unspecified atom stereocenters. The molecule has 1 aromatic heterocycles. The van der Waals surface area contributed by atoms with Gasteiger partial charge in [-0.25, -0.2) is 13.4 Å². The maximum absolute atomic E-state index is 12.9. The number of fused-ring (bicyclic) bond motifs is 1. The summed E-state index contributed by atoms with van der Waals surface area (Å²) in [6, 6.07) is 23.0. The second-order valence-corrected chi connectivity index (χ2v) is 9.50. The highest BCUT2D eigenvalue weighted by molar-refractivity contribution is 7.89. The lowest BCUT2D eigenvalue weighted by Crippen LogP contribution is -2.40. The van der Waals surface area contributed by atoms with Crippen molar-refractivity contribution in [2.45, 2.75) is 11.5 Å². The van der Waals surface area contributed by atoms with Crippen LogP contribution in [0.25, 0.3) is 22.2 Å². The Morgan fingerprint density at radius 3 is 2.41 bits per heavy atom. The molecule has 164 valence electrons. The number of aromatic nitrogens is 2. The van der Waals surface area contributed by atoms with Crippen LogP contribution < -0.4 is 4.74 Å². The summed E-state index contributed by atoms with van der Waals surface area (Å²) in [5, 5.41) is 0. The number of hydrogen-bond acceptors (Lipinski definition) is 5. The number of ether oxygens (including phenoxy) is 2. The summed E-state index contributed by atoms with van der Waals surface area (Å²) in [6.45, 7) is 1.82. The molecule has 0 bridgehead atoms. The number of imidazole rings is 1. The third-order valence-corrected chi connectivity index (χ3v) is 7.34. The van der Waals surface area contributed by atoms with Crippen LogP contribution >= 0.6 is 0 Å². The average Bonchev–Trinajstić information content (AvgIpc) is 3.26. The molecule has 8 heteroatoms.